The second kappa shape index (κ2) is 5.44. The Hall–Kier alpha value is -1.65. The summed E-state index contributed by atoms with van der Waals surface area (Å²) in [4.78, 5) is 20.9. The summed E-state index contributed by atoms with van der Waals surface area (Å²) in [6.07, 6.45) is 0.962. The molecule has 1 rings (SSSR count). The van der Waals surface area contributed by atoms with Crippen molar-refractivity contribution in [3.05, 3.63) is 17.6 Å². The molecule has 1 aromatic rings. The lowest BCUT2D eigenvalue weighted by Crippen LogP contribution is -2.22. The van der Waals surface area contributed by atoms with Gasteiger partial charge in [0.15, 0.2) is 0 Å². The molecule has 0 spiro atoms. The number of anilines is 1. The van der Waals surface area contributed by atoms with Crippen LogP contribution < -0.4 is 4.90 Å². The quantitative estimate of drug-likeness (QED) is 0.814. The Balaban J connectivity index is 2.77. The smallest absolute Gasteiger partial charge is 0.305 e. The summed E-state index contributed by atoms with van der Waals surface area (Å²) in [5.74, 6) is 0.704. The van der Waals surface area contributed by atoms with Crippen molar-refractivity contribution >= 4 is 11.8 Å². The topological polar surface area (TPSA) is 66.3 Å². The molecule has 0 aliphatic heterocycles. The highest BCUT2D eigenvalue weighted by Crippen LogP contribution is 2.11. The summed E-state index contributed by atoms with van der Waals surface area (Å²) >= 11 is 0. The van der Waals surface area contributed by atoms with E-state index in [-0.39, 0.29) is 6.42 Å². The number of aliphatic carboxylic acids is 1. The SMILES string of the molecule is CCc1cc(N(C)CCC(=O)O)nc(C)n1. The third kappa shape index (κ3) is 3.49. The molecule has 0 atom stereocenters. The Morgan fingerprint density at radius 2 is 2.19 bits per heavy atom. The van der Waals surface area contributed by atoms with Gasteiger partial charge < -0.3 is 10.0 Å². The third-order valence-corrected chi connectivity index (χ3v) is 2.29. The lowest BCUT2D eigenvalue weighted by atomic mass is 10.3. The molecule has 0 aliphatic rings. The third-order valence-electron chi connectivity index (χ3n) is 2.29. The molecule has 88 valence electrons. The van der Waals surface area contributed by atoms with Crippen LogP contribution in [0.1, 0.15) is 24.9 Å². The standard InChI is InChI=1S/C11H17N3O2/c1-4-9-7-10(13-8(2)12-9)14(3)6-5-11(15)16/h7H,4-6H2,1-3H3,(H,15,16). The number of carboxylic acids is 1. The van der Waals surface area contributed by atoms with E-state index in [4.69, 9.17) is 5.11 Å². The molecule has 0 saturated heterocycles. The van der Waals surface area contributed by atoms with Gasteiger partial charge in [0.2, 0.25) is 0 Å². The summed E-state index contributed by atoms with van der Waals surface area (Å²) in [7, 11) is 1.84. The average molecular weight is 223 g/mol. The van der Waals surface area contributed by atoms with E-state index in [0.717, 1.165) is 23.8 Å². The van der Waals surface area contributed by atoms with Gasteiger partial charge in [-0.25, -0.2) is 9.97 Å². The fourth-order valence-electron chi connectivity index (χ4n) is 1.37. The Bertz CT molecular complexity index is 379. The lowest BCUT2D eigenvalue weighted by molar-refractivity contribution is -0.136. The van der Waals surface area contributed by atoms with E-state index in [9.17, 15) is 4.79 Å². The van der Waals surface area contributed by atoms with Crippen molar-refractivity contribution in [2.24, 2.45) is 0 Å². The number of nitrogens with zero attached hydrogens (tertiary/aromatic N) is 3. The molecule has 0 amide bonds. The van der Waals surface area contributed by atoms with Crippen molar-refractivity contribution in [2.45, 2.75) is 26.7 Å². The molecule has 1 aromatic heterocycles. The predicted molar refractivity (Wildman–Crippen MR) is 61.7 cm³/mol. The Morgan fingerprint density at radius 3 is 2.75 bits per heavy atom. The molecule has 5 heteroatoms. The Labute approximate surface area is 95.1 Å². The minimum Gasteiger partial charge on any atom is -0.481 e. The summed E-state index contributed by atoms with van der Waals surface area (Å²) in [5, 5.41) is 8.61. The van der Waals surface area contributed by atoms with E-state index < -0.39 is 5.97 Å². The summed E-state index contributed by atoms with van der Waals surface area (Å²) < 4.78 is 0. The van der Waals surface area contributed by atoms with Gasteiger partial charge in [-0.05, 0) is 13.3 Å². The van der Waals surface area contributed by atoms with Crippen LogP contribution in [-0.2, 0) is 11.2 Å². The van der Waals surface area contributed by atoms with Gasteiger partial charge in [-0.1, -0.05) is 6.92 Å². The monoisotopic (exact) mass is 223 g/mol. The first-order valence-corrected chi connectivity index (χ1v) is 5.30. The number of rotatable bonds is 5. The number of aromatic nitrogens is 2. The molecule has 0 radical (unpaired) electrons. The molecule has 1 heterocycles. The minimum absolute atomic E-state index is 0.112. The first-order chi connectivity index (χ1) is 7.52. The molecule has 5 nitrogen and oxygen atoms in total. The fraction of sp³-hybridized carbons (Fsp3) is 0.545. The van der Waals surface area contributed by atoms with Gasteiger partial charge in [0.1, 0.15) is 11.6 Å². The molecule has 0 bridgehead atoms. The number of carbonyl (C=O) groups is 1. The maximum atomic E-state index is 10.5. The molecule has 0 aliphatic carbocycles. The highest BCUT2D eigenvalue weighted by Gasteiger charge is 2.07. The molecule has 0 aromatic carbocycles. The van der Waals surface area contributed by atoms with E-state index in [2.05, 4.69) is 9.97 Å². The summed E-state index contributed by atoms with van der Waals surface area (Å²) in [6.45, 7) is 4.32. The Morgan fingerprint density at radius 1 is 1.50 bits per heavy atom. The van der Waals surface area contributed by atoms with Crippen LogP contribution in [0.5, 0.6) is 0 Å². The van der Waals surface area contributed by atoms with Crippen molar-refractivity contribution in [3.63, 3.8) is 0 Å². The van der Waals surface area contributed by atoms with Crippen LogP contribution in [0.3, 0.4) is 0 Å². The number of carboxylic acid groups (broad SMARTS) is 1. The predicted octanol–water partition coefficient (Wildman–Crippen LogP) is 1.26. The van der Waals surface area contributed by atoms with E-state index in [1.165, 1.54) is 0 Å². The average Bonchev–Trinajstić information content (AvgIpc) is 2.24. The van der Waals surface area contributed by atoms with E-state index >= 15 is 0 Å². The van der Waals surface area contributed by atoms with E-state index in [1.807, 2.05) is 31.9 Å². The maximum Gasteiger partial charge on any atom is 0.305 e. The maximum absolute atomic E-state index is 10.5. The zero-order valence-corrected chi connectivity index (χ0v) is 9.90. The lowest BCUT2D eigenvalue weighted by Gasteiger charge is -2.17. The van der Waals surface area contributed by atoms with Crippen LogP contribution in [0.15, 0.2) is 6.07 Å². The molecule has 0 unspecified atom stereocenters. The number of hydrogen-bond acceptors (Lipinski definition) is 4. The highest BCUT2D eigenvalue weighted by molar-refractivity contribution is 5.67. The van der Waals surface area contributed by atoms with Crippen molar-refractivity contribution in [1.82, 2.24) is 9.97 Å². The molecule has 0 saturated carbocycles. The van der Waals surface area contributed by atoms with Crippen LogP contribution >= 0.6 is 0 Å². The van der Waals surface area contributed by atoms with Crippen molar-refractivity contribution in [3.8, 4) is 0 Å². The molecule has 0 fully saturated rings. The summed E-state index contributed by atoms with van der Waals surface area (Å²) in [5.41, 5.74) is 0.977. The normalized spacial score (nSPS) is 10.2. The fourth-order valence-corrected chi connectivity index (χ4v) is 1.37. The highest BCUT2D eigenvalue weighted by atomic mass is 16.4. The van der Waals surface area contributed by atoms with Gasteiger partial charge in [0.25, 0.3) is 0 Å². The van der Waals surface area contributed by atoms with Crippen LogP contribution in [-0.4, -0.2) is 34.6 Å². The van der Waals surface area contributed by atoms with Crippen molar-refractivity contribution in [2.75, 3.05) is 18.5 Å². The van der Waals surface area contributed by atoms with Gasteiger partial charge in [-0.3, -0.25) is 4.79 Å². The molecular weight excluding hydrogens is 206 g/mol. The van der Waals surface area contributed by atoms with E-state index in [0.29, 0.717) is 6.54 Å². The molecule has 1 N–H and O–H groups in total. The van der Waals surface area contributed by atoms with Crippen LogP contribution in [0.2, 0.25) is 0 Å². The van der Waals surface area contributed by atoms with Crippen LogP contribution in [0.4, 0.5) is 5.82 Å². The zero-order chi connectivity index (χ0) is 12.1. The zero-order valence-electron chi connectivity index (χ0n) is 9.90. The Kier molecular flexibility index (Phi) is 4.22. The van der Waals surface area contributed by atoms with Gasteiger partial charge >= 0.3 is 5.97 Å². The van der Waals surface area contributed by atoms with Gasteiger partial charge in [-0.15, -0.1) is 0 Å². The van der Waals surface area contributed by atoms with E-state index in [1.54, 1.807) is 0 Å². The minimum atomic E-state index is -0.798. The van der Waals surface area contributed by atoms with Gasteiger partial charge in [0.05, 0.1) is 6.42 Å². The number of aryl methyl sites for hydroxylation is 2. The molecular formula is C11H17N3O2. The van der Waals surface area contributed by atoms with Crippen LogP contribution in [0, 0.1) is 6.92 Å². The van der Waals surface area contributed by atoms with Gasteiger partial charge in [0, 0.05) is 25.4 Å². The van der Waals surface area contributed by atoms with Crippen molar-refractivity contribution < 1.29 is 9.90 Å². The first kappa shape index (κ1) is 12.4. The summed E-state index contributed by atoms with van der Waals surface area (Å²) in [6, 6.07) is 1.90. The number of hydrogen-bond donors (Lipinski definition) is 1. The largest absolute Gasteiger partial charge is 0.481 e. The van der Waals surface area contributed by atoms with Crippen molar-refractivity contribution in [1.29, 1.82) is 0 Å². The van der Waals surface area contributed by atoms with Crippen LogP contribution in [0.25, 0.3) is 0 Å². The van der Waals surface area contributed by atoms with Gasteiger partial charge in [-0.2, -0.15) is 0 Å². The molecule has 16 heavy (non-hydrogen) atoms. The second-order valence-corrected chi connectivity index (χ2v) is 3.68. The second-order valence-electron chi connectivity index (χ2n) is 3.68. The first-order valence-electron chi connectivity index (χ1n) is 5.30.